The Balaban J connectivity index is 1.65. The molecule has 0 radical (unpaired) electrons. The van der Waals surface area contributed by atoms with Crippen LogP contribution in [0.25, 0.3) is 0 Å². The van der Waals surface area contributed by atoms with Crippen LogP contribution in [0.1, 0.15) is 17.2 Å². The van der Waals surface area contributed by atoms with Crippen molar-refractivity contribution in [1.29, 1.82) is 0 Å². The smallest absolute Gasteiger partial charge is 0.272 e. The van der Waals surface area contributed by atoms with Crippen molar-refractivity contribution in [3.63, 3.8) is 0 Å². The van der Waals surface area contributed by atoms with E-state index < -0.39 is 13.0 Å². The molecule has 0 bridgehead atoms. The fraction of sp³-hybridized carbons (Fsp3) is 0.389. The molecule has 1 N–H and O–H groups in total. The second-order valence-corrected chi connectivity index (χ2v) is 5.82. The summed E-state index contributed by atoms with van der Waals surface area (Å²) in [6, 6.07) is 11.8. The van der Waals surface area contributed by atoms with Crippen molar-refractivity contribution in [1.82, 2.24) is 15.2 Å². The van der Waals surface area contributed by atoms with E-state index in [0.717, 1.165) is 31.7 Å². The minimum absolute atomic E-state index is 0.302. The molecule has 0 amide bonds. The lowest BCUT2D eigenvalue weighted by Gasteiger charge is -2.36. The minimum atomic E-state index is -2.45. The summed E-state index contributed by atoms with van der Waals surface area (Å²) in [6.07, 6.45) is 1.18. The third-order valence-electron chi connectivity index (χ3n) is 4.13. The number of hydrogen-bond acceptors (Lipinski definition) is 4. The lowest BCUT2D eigenvalue weighted by molar-refractivity contribution is 0.0819. The van der Waals surface area contributed by atoms with Gasteiger partial charge in [0.05, 0.1) is 0 Å². The molecule has 0 saturated carbocycles. The van der Waals surface area contributed by atoms with Crippen LogP contribution in [0.3, 0.4) is 0 Å². The van der Waals surface area contributed by atoms with Crippen molar-refractivity contribution in [2.45, 2.75) is 19.0 Å². The molecule has 3 rings (SSSR count). The normalized spacial score (nSPS) is 18.7. The Labute approximate surface area is 140 Å². The molecule has 1 fully saturated rings. The number of nitrogens with zero attached hydrogens (tertiary/aromatic N) is 2. The molecular weight excluding hydrogens is 312 g/mol. The van der Waals surface area contributed by atoms with Crippen LogP contribution in [0.5, 0.6) is 5.75 Å². The van der Waals surface area contributed by atoms with Gasteiger partial charge in [-0.15, -0.1) is 0 Å². The van der Waals surface area contributed by atoms with Crippen LogP contribution >= 0.6 is 0 Å². The van der Waals surface area contributed by atoms with E-state index in [9.17, 15) is 8.78 Å². The number of pyridine rings is 1. The Bertz CT molecular complexity index is 622. The lowest BCUT2D eigenvalue weighted by Crippen LogP contribution is -2.45. The van der Waals surface area contributed by atoms with Crippen LogP contribution in [0.2, 0.25) is 0 Å². The van der Waals surface area contributed by atoms with E-state index >= 15 is 0 Å². The highest BCUT2D eigenvalue weighted by molar-refractivity contribution is 5.27. The molecule has 2 aromatic rings. The largest absolute Gasteiger partial charge is 0.488 e. The summed E-state index contributed by atoms with van der Waals surface area (Å²) in [4.78, 5) is 6.50. The second kappa shape index (κ2) is 8.17. The Hall–Kier alpha value is -2.05. The minimum Gasteiger partial charge on any atom is -0.488 e. The van der Waals surface area contributed by atoms with E-state index in [1.54, 1.807) is 12.1 Å². The lowest BCUT2D eigenvalue weighted by atomic mass is 10.0. The van der Waals surface area contributed by atoms with Gasteiger partial charge < -0.3 is 10.1 Å². The number of ether oxygens (including phenoxy) is 1. The molecule has 128 valence electrons. The average molecular weight is 333 g/mol. The zero-order chi connectivity index (χ0) is 16.8. The summed E-state index contributed by atoms with van der Waals surface area (Å²) in [7, 11) is 0. The Morgan fingerprint density at radius 1 is 1.17 bits per heavy atom. The summed E-state index contributed by atoms with van der Waals surface area (Å²) >= 11 is 0. The number of nitrogens with one attached hydrogen (secondary N) is 1. The van der Waals surface area contributed by atoms with Gasteiger partial charge in [-0.1, -0.05) is 12.1 Å². The fourth-order valence-corrected chi connectivity index (χ4v) is 2.93. The predicted molar refractivity (Wildman–Crippen MR) is 88.2 cm³/mol. The predicted octanol–water partition coefficient (Wildman–Crippen LogP) is 2.87. The first-order valence-electron chi connectivity index (χ1n) is 8.07. The maximum atomic E-state index is 12.2. The molecule has 6 heteroatoms. The van der Waals surface area contributed by atoms with Gasteiger partial charge in [-0.05, 0) is 35.4 Å². The van der Waals surface area contributed by atoms with Gasteiger partial charge in [0, 0.05) is 44.6 Å². The average Bonchev–Trinajstić information content (AvgIpc) is 2.62. The van der Waals surface area contributed by atoms with E-state index in [-0.39, 0.29) is 0 Å². The molecule has 2 heterocycles. The SMILES string of the molecule is FC(F)COc1ccc(CN2CCNCC2c2ccncc2)cc1. The molecule has 1 saturated heterocycles. The molecule has 1 aromatic carbocycles. The molecule has 1 aromatic heterocycles. The van der Waals surface area contributed by atoms with Gasteiger partial charge in [-0.3, -0.25) is 9.88 Å². The standard InChI is InChI=1S/C18H21F2N3O/c19-18(20)13-24-16-3-1-14(2-4-16)12-23-10-9-22-11-17(23)15-5-7-21-8-6-15/h1-8,17-18,22H,9-13H2. The Morgan fingerprint density at radius 2 is 1.92 bits per heavy atom. The van der Waals surface area contributed by atoms with Crippen LogP contribution in [-0.2, 0) is 6.54 Å². The van der Waals surface area contributed by atoms with Gasteiger partial charge in [0.1, 0.15) is 12.4 Å². The van der Waals surface area contributed by atoms with E-state index in [1.807, 2.05) is 36.7 Å². The molecule has 24 heavy (non-hydrogen) atoms. The van der Waals surface area contributed by atoms with E-state index in [0.29, 0.717) is 11.8 Å². The number of rotatable bonds is 6. The van der Waals surface area contributed by atoms with Gasteiger partial charge >= 0.3 is 0 Å². The zero-order valence-electron chi connectivity index (χ0n) is 13.4. The van der Waals surface area contributed by atoms with Gasteiger partial charge in [-0.25, -0.2) is 8.78 Å². The number of aromatic nitrogens is 1. The third kappa shape index (κ3) is 4.49. The fourth-order valence-electron chi connectivity index (χ4n) is 2.93. The van der Waals surface area contributed by atoms with Crippen LogP contribution < -0.4 is 10.1 Å². The quantitative estimate of drug-likeness (QED) is 0.882. The molecule has 1 unspecified atom stereocenters. The molecular formula is C18H21F2N3O. The molecule has 1 aliphatic rings. The number of hydrogen-bond donors (Lipinski definition) is 1. The van der Waals surface area contributed by atoms with Crippen molar-refractivity contribution in [2.75, 3.05) is 26.2 Å². The Morgan fingerprint density at radius 3 is 2.62 bits per heavy atom. The molecule has 1 aliphatic heterocycles. The summed E-state index contributed by atoms with van der Waals surface area (Å²) < 4.78 is 29.4. The van der Waals surface area contributed by atoms with E-state index in [2.05, 4.69) is 15.2 Å². The van der Waals surface area contributed by atoms with E-state index in [1.165, 1.54) is 5.56 Å². The van der Waals surface area contributed by atoms with Crippen molar-refractivity contribution in [2.24, 2.45) is 0 Å². The van der Waals surface area contributed by atoms with Crippen molar-refractivity contribution in [3.8, 4) is 5.75 Å². The van der Waals surface area contributed by atoms with Gasteiger partial charge in [-0.2, -0.15) is 0 Å². The van der Waals surface area contributed by atoms with Gasteiger partial charge in [0.15, 0.2) is 0 Å². The van der Waals surface area contributed by atoms with Crippen molar-refractivity contribution < 1.29 is 13.5 Å². The maximum absolute atomic E-state index is 12.2. The van der Waals surface area contributed by atoms with Crippen LogP contribution in [0, 0.1) is 0 Å². The highest BCUT2D eigenvalue weighted by Gasteiger charge is 2.23. The number of benzene rings is 1. The molecule has 1 atom stereocenters. The van der Waals surface area contributed by atoms with Crippen LogP contribution in [0.15, 0.2) is 48.8 Å². The highest BCUT2D eigenvalue weighted by Crippen LogP contribution is 2.24. The van der Waals surface area contributed by atoms with Gasteiger partial charge in [0.2, 0.25) is 0 Å². The van der Waals surface area contributed by atoms with Crippen LogP contribution in [0.4, 0.5) is 8.78 Å². The van der Waals surface area contributed by atoms with Crippen molar-refractivity contribution in [3.05, 3.63) is 59.9 Å². The molecule has 4 nitrogen and oxygen atoms in total. The second-order valence-electron chi connectivity index (χ2n) is 5.82. The number of alkyl halides is 2. The zero-order valence-corrected chi connectivity index (χ0v) is 13.4. The number of piperazine rings is 1. The summed E-state index contributed by atoms with van der Waals surface area (Å²) in [5.41, 5.74) is 2.38. The Kier molecular flexibility index (Phi) is 5.72. The first-order chi connectivity index (χ1) is 11.7. The monoisotopic (exact) mass is 333 g/mol. The number of halogens is 2. The van der Waals surface area contributed by atoms with Crippen LogP contribution in [-0.4, -0.2) is 42.6 Å². The third-order valence-corrected chi connectivity index (χ3v) is 4.13. The first kappa shape index (κ1) is 16.8. The first-order valence-corrected chi connectivity index (χ1v) is 8.07. The van der Waals surface area contributed by atoms with Gasteiger partial charge in [0.25, 0.3) is 6.43 Å². The molecule has 0 spiro atoms. The topological polar surface area (TPSA) is 37.4 Å². The van der Waals surface area contributed by atoms with Crippen molar-refractivity contribution >= 4 is 0 Å². The molecule has 0 aliphatic carbocycles. The summed E-state index contributed by atoms with van der Waals surface area (Å²) in [5.74, 6) is 0.477. The summed E-state index contributed by atoms with van der Waals surface area (Å²) in [5, 5.41) is 3.43. The summed E-state index contributed by atoms with van der Waals surface area (Å²) in [6.45, 7) is 3.05. The maximum Gasteiger partial charge on any atom is 0.272 e. The highest BCUT2D eigenvalue weighted by atomic mass is 19.3. The van der Waals surface area contributed by atoms with E-state index in [4.69, 9.17) is 4.74 Å².